The first kappa shape index (κ1) is 16.4. The fraction of sp³-hybridized carbons (Fsp3) is 0.545. The second-order valence-corrected chi connectivity index (χ2v) is 3.55. The highest BCUT2D eigenvalue weighted by Gasteiger charge is 2.21. The number of hydrogen-bond acceptors (Lipinski definition) is 6. The molecule has 0 saturated carbocycles. The number of amides is 1. The molecule has 6 nitrogen and oxygen atoms in total. The van der Waals surface area contributed by atoms with Gasteiger partial charge in [0.2, 0.25) is 0 Å². The van der Waals surface area contributed by atoms with Crippen LogP contribution in [0.5, 0.6) is 0 Å². The fourth-order valence-electron chi connectivity index (χ4n) is 1.07. The van der Waals surface area contributed by atoms with Gasteiger partial charge < -0.3 is 14.8 Å². The van der Waals surface area contributed by atoms with Crippen LogP contribution in [0.1, 0.15) is 20.8 Å². The summed E-state index contributed by atoms with van der Waals surface area (Å²) < 4.78 is 9.56. The number of rotatable bonds is 5. The Morgan fingerprint density at radius 1 is 1.17 bits per heavy atom. The summed E-state index contributed by atoms with van der Waals surface area (Å²) in [5, 5.41) is 5.10. The molecule has 0 rings (SSSR count). The number of allylic oxidation sites excluding steroid dienone is 1. The molecule has 0 aliphatic rings. The number of nitrogens with one attached hydrogen (secondary N) is 2. The zero-order chi connectivity index (χ0) is 14.1. The number of thiocarbonyl (C=S) groups is 1. The molecular weight excluding hydrogens is 256 g/mol. The third-order valence-corrected chi connectivity index (χ3v) is 2.25. The van der Waals surface area contributed by atoms with Gasteiger partial charge in [0.05, 0.1) is 13.2 Å². The minimum atomic E-state index is -0.701. The number of esters is 1. The highest BCUT2D eigenvalue weighted by molar-refractivity contribution is 7.80. The Bertz CT molecular complexity index is 366. The van der Waals surface area contributed by atoms with Gasteiger partial charge in [0.15, 0.2) is 0 Å². The minimum absolute atomic E-state index is 0.0289. The molecule has 0 bridgehead atoms. The lowest BCUT2D eigenvalue weighted by atomic mass is 10.2. The van der Waals surface area contributed by atoms with Gasteiger partial charge in [-0.05, 0) is 20.8 Å². The van der Waals surface area contributed by atoms with Gasteiger partial charge in [-0.1, -0.05) is 12.2 Å². The average molecular weight is 274 g/mol. The SMILES string of the molecule is CCOC(=O)NC(=S)/C(C(=O)OCC)=C(\C)NC. The molecule has 7 heteroatoms. The Kier molecular flexibility index (Phi) is 7.69. The van der Waals surface area contributed by atoms with Gasteiger partial charge in [0.25, 0.3) is 0 Å². The molecule has 0 heterocycles. The van der Waals surface area contributed by atoms with Crippen molar-refractivity contribution >= 4 is 29.3 Å². The van der Waals surface area contributed by atoms with E-state index >= 15 is 0 Å². The van der Waals surface area contributed by atoms with Gasteiger partial charge in [0.1, 0.15) is 10.6 Å². The van der Waals surface area contributed by atoms with Crippen molar-refractivity contribution in [3.63, 3.8) is 0 Å². The van der Waals surface area contributed by atoms with Gasteiger partial charge >= 0.3 is 12.1 Å². The zero-order valence-electron chi connectivity index (χ0n) is 11.0. The third-order valence-electron chi connectivity index (χ3n) is 1.95. The largest absolute Gasteiger partial charge is 0.462 e. The summed E-state index contributed by atoms with van der Waals surface area (Å²) in [6, 6.07) is 0. The Labute approximate surface area is 112 Å². The van der Waals surface area contributed by atoms with Crippen LogP contribution in [0.3, 0.4) is 0 Å². The van der Waals surface area contributed by atoms with E-state index in [4.69, 9.17) is 17.0 Å². The second kappa shape index (κ2) is 8.46. The lowest BCUT2D eigenvalue weighted by Gasteiger charge is -2.13. The topological polar surface area (TPSA) is 76.7 Å². The Morgan fingerprint density at radius 2 is 1.72 bits per heavy atom. The van der Waals surface area contributed by atoms with Crippen LogP contribution in [-0.2, 0) is 14.3 Å². The maximum atomic E-state index is 11.7. The van der Waals surface area contributed by atoms with E-state index in [0.717, 1.165) is 0 Å². The molecule has 18 heavy (non-hydrogen) atoms. The first-order chi connectivity index (χ1) is 8.47. The average Bonchev–Trinajstić information content (AvgIpc) is 2.29. The van der Waals surface area contributed by atoms with E-state index in [-0.39, 0.29) is 23.8 Å². The summed E-state index contributed by atoms with van der Waals surface area (Å²) in [5.74, 6) is -0.592. The fourth-order valence-corrected chi connectivity index (χ4v) is 1.39. The molecule has 0 spiro atoms. The number of carbonyl (C=O) groups excluding carboxylic acids is 2. The van der Waals surface area contributed by atoms with Crippen molar-refractivity contribution in [1.82, 2.24) is 10.6 Å². The quantitative estimate of drug-likeness (QED) is 0.444. The summed E-state index contributed by atoms with van der Waals surface area (Å²) in [7, 11) is 1.64. The standard InChI is InChI=1S/C11H18N2O4S/c1-5-16-10(14)8(7(3)12-4)9(18)13-11(15)17-6-2/h12H,5-6H2,1-4H3,(H,13,15,18)/b8-7-. The molecule has 0 aliphatic carbocycles. The van der Waals surface area contributed by atoms with E-state index < -0.39 is 12.1 Å². The van der Waals surface area contributed by atoms with Crippen LogP contribution in [0.4, 0.5) is 4.79 Å². The van der Waals surface area contributed by atoms with Gasteiger partial charge in [-0.2, -0.15) is 0 Å². The maximum Gasteiger partial charge on any atom is 0.412 e. The Morgan fingerprint density at radius 3 is 2.17 bits per heavy atom. The van der Waals surface area contributed by atoms with Gasteiger partial charge in [0, 0.05) is 12.7 Å². The van der Waals surface area contributed by atoms with E-state index in [1.54, 1.807) is 27.8 Å². The van der Waals surface area contributed by atoms with E-state index in [1.807, 2.05) is 0 Å². The Balaban J connectivity index is 4.94. The molecule has 0 unspecified atom stereocenters. The van der Waals surface area contributed by atoms with Crippen molar-refractivity contribution in [1.29, 1.82) is 0 Å². The summed E-state index contributed by atoms with van der Waals surface area (Å²) >= 11 is 4.99. The van der Waals surface area contributed by atoms with Crippen LogP contribution in [0.25, 0.3) is 0 Å². The second-order valence-electron chi connectivity index (χ2n) is 3.15. The first-order valence-corrected chi connectivity index (χ1v) is 5.92. The molecule has 0 fully saturated rings. The molecular formula is C11H18N2O4S. The van der Waals surface area contributed by atoms with Crippen LogP contribution < -0.4 is 10.6 Å². The van der Waals surface area contributed by atoms with Crippen molar-refractivity contribution in [2.75, 3.05) is 20.3 Å². The monoisotopic (exact) mass is 274 g/mol. The van der Waals surface area contributed by atoms with Gasteiger partial charge in [-0.3, -0.25) is 5.32 Å². The molecule has 0 aromatic rings. The molecule has 0 radical (unpaired) electrons. The lowest BCUT2D eigenvalue weighted by molar-refractivity contribution is -0.137. The number of carbonyl (C=O) groups is 2. The smallest absolute Gasteiger partial charge is 0.412 e. The maximum absolute atomic E-state index is 11.7. The molecule has 0 atom stereocenters. The minimum Gasteiger partial charge on any atom is -0.462 e. The highest BCUT2D eigenvalue weighted by Crippen LogP contribution is 2.06. The number of alkyl carbamates (subject to hydrolysis) is 1. The van der Waals surface area contributed by atoms with E-state index in [9.17, 15) is 9.59 Å². The van der Waals surface area contributed by atoms with Crippen molar-refractivity contribution in [2.45, 2.75) is 20.8 Å². The third kappa shape index (κ3) is 5.13. The molecule has 0 aromatic carbocycles. The summed E-state index contributed by atoms with van der Waals surface area (Å²) in [4.78, 5) is 22.9. The predicted molar refractivity (Wildman–Crippen MR) is 71.1 cm³/mol. The molecule has 0 aliphatic heterocycles. The van der Waals surface area contributed by atoms with Crippen LogP contribution in [-0.4, -0.2) is 37.3 Å². The van der Waals surface area contributed by atoms with E-state index in [0.29, 0.717) is 5.70 Å². The van der Waals surface area contributed by atoms with Crippen molar-refractivity contribution in [3.05, 3.63) is 11.3 Å². The first-order valence-electron chi connectivity index (χ1n) is 5.51. The lowest BCUT2D eigenvalue weighted by Crippen LogP contribution is -2.35. The van der Waals surface area contributed by atoms with Gasteiger partial charge in [-0.25, -0.2) is 9.59 Å². The van der Waals surface area contributed by atoms with Crippen molar-refractivity contribution in [3.8, 4) is 0 Å². The van der Waals surface area contributed by atoms with Crippen LogP contribution >= 0.6 is 12.2 Å². The zero-order valence-corrected chi connectivity index (χ0v) is 11.8. The van der Waals surface area contributed by atoms with Crippen molar-refractivity contribution < 1.29 is 19.1 Å². The summed E-state index contributed by atoms with van der Waals surface area (Å²) in [5.41, 5.74) is 0.623. The van der Waals surface area contributed by atoms with Crippen LogP contribution in [0.15, 0.2) is 11.3 Å². The molecule has 1 amide bonds. The summed E-state index contributed by atoms with van der Waals surface area (Å²) in [6.07, 6.45) is -0.701. The van der Waals surface area contributed by atoms with Gasteiger partial charge in [-0.15, -0.1) is 0 Å². The predicted octanol–water partition coefficient (Wildman–Crippen LogP) is 1.12. The van der Waals surface area contributed by atoms with E-state index in [1.165, 1.54) is 0 Å². The number of ether oxygens (including phenoxy) is 2. The summed E-state index contributed by atoms with van der Waals surface area (Å²) in [6.45, 7) is 5.46. The van der Waals surface area contributed by atoms with Crippen molar-refractivity contribution in [2.24, 2.45) is 0 Å². The number of hydrogen-bond donors (Lipinski definition) is 2. The highest BCUT2D eigenvalue weighted by atomic mass is 32.1. The normalized spacial score (nSPS) is 11.1. The van der Waals surface area contributed by atoms with E-state index in [2.05, 4.69) is 15.4 Å². The molecule has 0 aromatic heterocycles. The van der Waals surface area contributed by atoms with Crippen LogP contribution in [0, 0.1) is 0 Å². The molecule has 102 valence electrons. The Hall–Kier alpha value is -1.63. The molecule has 0 saturated heterocycles. The molecule has 2 N–H and O–H groups in total. The van der Waals surface area contributed by atoms with Crippen LogP contribution in [0.2, 0.25) is 0 Å².